The fourth-order valence-corrected chi connectivity index (χ4v) is 2.73. The lowest BCUT2D eigenvalue weighted by Crippen LogP contribution is -2.49. The van der Waals surface area contributed by atoms with Crippen molar-refractivity contribution in [3.63, 3.8) is 0 Å². The maximum Gasteiger partial charge on any atom is 0.213 e. The lowest BCUT2D eigenvalue weighted by atomic mass is 9.98. The van der Waals surface area contributed by atoms with Crippen molar-refractivity contribution in [1.82, 2.24) is 10.0 Å². The highest BCUT2D eigenvalue weighted by Crippen LogP contribution is 2.12. The molecule has 2 N–H and O–H groups in total. The predicted octanol–water partition coefficient (Wildman–Crippen LogP) is 0.314. The Morgan fingerprint density at radius 2 is 2.00 bits per heavy atom. The molecular weight excluding hydrogens is 200 g/mol. The van der Waals surface area contributed by atoms with Crippen molar-refractivity contribution < 1.29 is 8.42 Å². The Morgan fingerprint density at radius 1 is 1.43 bits per heavy atom. The van der Waals surface area contributed by atoms with E-state index in [-0.39, 0.29) is 17.2 Å². The number of sulfonamides is 1. The third-order valence-electron chi connectivity index (χ3n) is 2.17. The Hall–Kier alpha value is -0.130. The molecule has 1 rings (SSSR count). The first-order valence-corrected chi connectivity index (χ1v) is 6.64. The van der Waals surface area contributed by atoms with E-state index in [0.717, 1.165) is 13.0 Å². The monoisotopic (exact) mass is 220 g/mol. The minimum atomic E-state index is -3.09. The van der Waals surface area contributed by atoms with Crippen LogP contribution in [0.15, 0.2) is 0 Å². The molecule has 4 nitrogen and oxygen atoms in total. The Labute approximate surface area is 86.5 Å². The highest BCUT2D eigenvalue weighted by molar-refractivity contribution is 7.89. The second-order valence-electron chi connectivity index (χ2n) is 5.10. The van der Waals surface area contributed by atoms with Gasteiger partial charge in [0.15, 0.2) is 0 Å². The van der Waals surface area contributed by atoms with E-state index in [9.17, 15) is 8.42 Å². The van der Waals surface area contributed by atoms with Gasteiger partial charge in [0.05, 0.1) is 5.75 Å². The first kappa shape index (κ1) is 11.9. The zero-order valence-corrected chi connectivity index (χ0v) is 9.95. The van der Waals surface area contributed by atoms with Crippen molar-refractivity contribution in [3.8, 4) is 0 Å². The second-order valence-corrected chi connectivity index (χ2v) is 6.95. The van der Waals surface area contributed by atoms with Crippen molar-refractivity contribution in [3.05, 3.63) is 0 Å². The van der Waals surface area contributed by atoms with E-state index in [1.807, 2.05) is 20.8 Å². The van der Waals surface area contributed by atoms with E-state index in [1.165, 1.54) is 0 Å². The van der Waals surface area contributed by atoms with Crippen molar-refractivity contribution in [2.45, 2.75) is 33.2 Å². The van der Waals surface area contributed by atoms with Gasteiger partial charge < -0.3 is 5.32 Å². The molecule has 14 heavy (non-hydrogen) atoms. The van der Waals surface area contributed by atoms with Gasteiger partial charge in [-0.05, 0) is 18.4 Å². The summed E-state index contributed by atoms with van der Waals surface area (Å²) in [5.41, 5.74) is 0.000111. The molecule has 1 fully saturated rings. The van der Waals surface area contributed by atoms with Gasteiger partial charge in [-0.25, -0.2) is 13.1 Å². The smallest absolute Gasteiger partial charge is 0.213 e. The first-order valence-electron chi connectivity index (χ1n) is 4.99. The van der Waals surface area contributed by atoms with Gasteiger partial charge in [0, 0.05) is 12.6 Å². The van der Waals surface area contributed by atoms with Crippen LogP contribution in [-0.2, 0) is 10.0 Å². The van der Waals surface area contributed by atoms with Gasteiger partial charge in [0.1, 0.15) is 0 Å². The highest BCUT2D eigenvalue weighted by Gasteiger charge is 2.24. The van der Waals surface area contributed by atoms with Crippen LogP contribution in [0.5, 0.6) is 0 Å². The zero-order chi connectivity index (χ0) is 10.8. The van der Waals surface area contributed by atoms with Crippen molar-refractivity contribution in [2.75, 3.05) is 18.8 Å². The lowest BCUT2D eigenvalue weighted by molar-refractivity contribution is 0.388. The largest absolute Gasteiger partial charge is 0.313 e. The predicted molar refractivity (Wildman–Crippen MR) is 57.7 cm³/mol. The Kier molecular flexibility index (Phi) is 3.55. The number of hydrogen-bond acceptors (Lipinski definition) is 3. The molecule has 1 unspecified atom stereocenters. The van der Waals surface area contributed by atoms with Crippen LogP contribution in [0.1, 0.15) is 27.2 Å². The molecule has 1 saturated heterocycles. The van der Waals surface area contributed by atoms with E-state index >= 15 is 0 Å². The molecule has 5 heteroatoms. The molecule has 1 aliphatic heterocycles. The highest BCUT2D eigenvalue weighted by atomic mass is 32.2. The van der Waals surface area contributed by atoms with Gasteiger partial charge in [-0.2, -0.15) is 0 Å². The maximum absolute atomic E-state index is 11.5. The molecule has 0 spiro atoms. The molecule has 84 valence electrons. The summed E-state index contributed by atoms with van der Waals surface area (Å²) in [5.74, 6) is 0.211. The molecular formula is C9H20N2O2S. The summed E-state index contributed by atoms with van der Waals surface area (Å²) in [6, 6.07) is 0.160. The second kappa shape index (κ2) is 4.16. The minimum absolute atomic E-state index is 0.000111. The van der Waals surface area contributed by atoms with Crippen molar-refractivity contribution >= 4 is 10.0 Å². The Balaban J connectivity index is 2.34. The Morgan fingerprint density at radius 3 is 2.36 bits per heavy atom. The normalized spacial score (nSPS) is 23.2. The van der Waals surface area contributed by atoms with E-state index in [2.05, 4.69) is 10.0 Å². The standard InChI is InChI=1S/C9H20N2O2S/c1-9(2,3)7-11-14(12,13)6-8-4-5-10-8/h8,10-11H,4-7H2,1-3H3. The van der Waals surface area contributed by atoms with Gasteiger partial charge >= 0.3 is 0 Å². The molecule has 0 aromatic carbocycles. The molecule has 0 radical (unpaired) electrons. The maximum atomic E-state index is 11.5. The van der Waals surface area contributed by atoms with Gasteiger partial charge in [-0.15, -0.1) is 0 Å². The number of rotatable bonds is 4. The number of hydrogen-bond donors (Lipinski definition) is 2. The van der Waals surface area contributed by atoms with Crippen LogP contribution in [0.4, 0.5) is 0 Å². The summed E-state index contributed by atoms with van der Waals surface area (Å²) in [5, 5.41) is 3.08. The summed E-state index contributed by atoms with van der Waals surface area (Å²) in [7, 11) is -3.09. The fraction of sp³-hybridized carbons (Fsp3) is 1.00. The average Bonchev–Trinajstić information content (AvgIpc) is 1.93. The van der Waals surface area contributed by atoms with Gasteiger partial charge in [0.25, 0.3) is 0 Å². The molecule has 0 aliphatic carbocycles. The van der Waals surface area contributed by atoms with Crippen LogP contribution >= 0.6 is 0 Å². The summed E-state index contributed by atoms with van der Waals surface area (Å²) in [6.45, 7) is 7.48. The van der Waals surface area contributed by atoms with E-state index in [0.29, 0.717) is 6.54 Å². The molecule has 0 aromatic heterocycles. The molecule has 0 aromatic rings. The topological polar surface area (TPSA) is 58.2 Å². The molecule has 1 heterocycles. The third kappa shape index (κ3) is 4.39. The van der Waals surface area contributed by atoms with Gasteiger partial charge in [-0.1, -0.05) is 20.8 Å². The lowest BCUT2D eigenvalue weighted by Gasteiger charge is -2.28. The van der Waals surface area contributed by atoms with Crippen LogP contribution < -0.4 is 10.0 Å². The summed E-state index contributed by atoms with van der Waals surface area (Å²) >= 11 is 0. The average molecular weight is 220 g/mol. The SMILES string of the molecule is CC(C)(C)CNS(=O)(=O)CC1CCN1. The Bertz CT molecular complexity index is 276. The minimum Gasteiger partial charge on any atom is -0.313 e. The van der Waals surface area contributed by atoms with E-state index in [1.54, 1.807) is 0 Å². The molecule has 1 aliphatic rings. The molecule has 0 saturated carbocycles. The zero-order valence-electron chi connectivity index (χ0n) is 9.13. The fourth-order valence-electron chi connectivity index (χ4n) is 1.14. The van der Waals surface area contributed by atoms with Gasteiger partial charge in [-0.3, -0.25) is 0 Å². The molecule has 0 amide bonds. The van der Waals surface area contributed by atoms with Crippen LogP contribution in [0.3, 0.4) is 0 Å². The summed E-state index contributed by atoms with van der Waals surface area (Å²) in [4.78, 5) is 0. The summed E-state index contributed by atoms with van der Waals surface area (Å²) in [6.07, 6.45) is 0.969. The van der Waals surface area contributed by atoms with Gasteiger partial charge in [0.2, 0.25) is 10.0 Å². The first-order chi connectivity index (χ1) is 6.29. The molecule has 1 atom stereocenters. The van der Waals surface area contributed by atoms with Crippen LogP contribution in [0.25, 0.3) is 0 Å². The van der Waals surface area contributed by atoms with Crippen LogP contribution in [-0.4, -0.2) is 33.3 Å². The molecule has 0 bridgehead atoms. The third-order valence-corrected chi connectivity index (χ3v) is 3.59. The van der Waals surface area contributed by atoms with Crippen molar-refractivity contribution in [1.29, 1.82) is 0 Å². The van der Waals surface area contributed by atoms with Crippen LogP contribution in [0.2, 0.25) is 0 Å². The van der Waals surface area contributed by atoms with Crippen molar-refractivity contribution in [2.24, 2.45) is 5.41 Å². The van der Waals surface area contributed by atoms with Crippen LogP contribution in [0, 0.1) is 5.41 Å². The van der Waals surface area contributed by atoms with E-state index < -0.39 is 10.0 Å². The van der Waals surface area contributed by atoms with E-state index in [4.69, 9.17) is 0 Å². The quantitative estimate of drug-likeness (QED) is 0.717. The summed E-state index contributed by atoms with van der Waals surface area (Å²) < 4.78 is 25.7. The number of nitrogens with one attached hydrogen (secondary N) is 2.